The molecule has 0 N–H and O–H groups in total. The lowest BCUT2D eigenvalue weighted by Gasteiger charge is -2.18. The van der Waals surface area contributed by atoms with Crippen molar-refractivity contribution in [3.63, 3.8) is 0 Å². The molecule has 0 bridgehead atoms. The first-order chi connectivity index (χ1) is 12.2. The lowest BCUT2D eigenvalue weighted by atomic mass is 10.2. The first kappa shape index (κ1) is 16.6. The van der Waals surface area contributed by atoms with Crippen LogP contribution in [0.1, 0.15) is 11.1 Å². The molecule has 0 unspecified atom stereocenters. The number of rotatable bonds is 5. The highest BCUT2D eigenvalue weighted by Crippen LogP contribution is 2.25. The molecule has 0 spiro atoms. The third-order valence-electron chi connectivity index (χ3n) is 3.67. The lowest BCUT2D eigenvalue weighted by Crippen LogP contribution is -2.08. The van der Waals surface area contributed by atoms with Crippen LogP contribution in [0.4, 0.5) is 17.1 Å². The van der Waals surface area contributed by atoms with E-state index in [0.717, 1.165) is 17.1 Å². The molecule has 123 valence electrons. The van der Waals surface area contributed by atoms with Crippen molar-refractivity contribution in [1.82, 2.24) is 0 Å². The van der Waals surface area contributed by atoms with Crippen LogP contribution in [0.3, 0.4) is 0 Å². The molecule has 4 heteroatoms. The molecule has 4 nitrogen and oxygen atoms in total. The summed E-state index contributed by atoms with van der Waals surface area (Å²) in [5.74, 6) is 0. The van der Waals surface area contributed by atoms with Gasteiger partial charge in [0.05, 0.1) is 17.1 Å². The van der Waals surface area contributed by atoms with Gasteiger partial charge in [0, 0.05) is 0 Å². The van der Waals surface area contributed by atoms with E-state index in [0.29, 0.717) is 0 Å². The summed E-state index contributed by atoms with van der Waals surface area (Å²) in [6.45, 7) is 4.09. The van der Waals surface area contributed by atoms with Crippen LogP contribution in [0.15, 0.2) is 94.2 Å². The Kier molecular flexibility index (Phi) is 5.32. The fourth-order valence-corrected chi connectivity index (χ4v) is 2.28. The molecule has 1 radical (unpaired) electrons. The molecular weight excluding hydrogens is 308 g/mol. The van der Waals surface area contributed by atoms with Gasteiger partial charge in [-0.05, 0) is 50.2 Å². The van der Waals surface area contributed by atoms with Crippen LogP contribution in [0, 0.1) is 13.8 Å². The van der Waals surface area contributed by atoms with E-state index < -0.39 is 0 Å². The number of hydrogen-bond acceptors (Lipinski definition) is 3. The lowest BCUT2D eigenvalue weighted by molar-refractivity contribution is 1.08. The second kappa shape index (κ2) is 8.02. The number of anilines is 2. The van der Waals surface area contributed by atoms with Gasteiger partial charge < -0.3 is 0 Å². The van der Waals surface area contributed by atoms with E-state index in [1.807, 2.05) is 73.7 Å². The van der Waals surface area contributed by atoms with E-state index in [1.165, 1.54) is 11.1 Å². The van der Waals surface area contributed by atoms with Gasteiger partial charge in [-0.2, -0.15) is 0 Å². The second-order valence-electron chi connectivity index (χ2n) is 5.72. The predicted octanol–water partition coefficient (Wildman–Crippen LogP) is 6.05. The largest absolute Gasteiger partial charge is 0.242 e. The van der Waals surface area contributed by atoms with E-state index in [9.17, 15) is 0 Å². The zero-order valence-corrected chi connectivity index (χ0v) is 14.3. The van der Waals surface area contributed by atoms with Crippen LogP contribution in [0.5, 0.6) is 0 Å². The molecule has 3 aromatic rings. The van der Waals surface area contributed by atoms with Gasteiger partial charge in [0.1, 0.15) is 0 Å². The Balaban J connectivity index is 1.82. The maximum atomic E-state index is 4.35. The molecule has 0 heterocycles. The number of aryl methyl sites for hydroxylation is 2. The number of hydrazone groups is 1. The highest BCUT2D eigenvalue weighted by Gasteiger charge is 2.06. The summed E-state index contributed by atoms with van der Waals surface area (Å²) < 4.78 is 0. The van der Waals surface area contributed by atoms with Crippen molar-refractivity contribution in [2.45, 2.75) is 13.8 Å². The standard InChI is InChI=1S/C21H19N4/c1-17-8-12-19(13-9-17)24-22-16-23-25(20-6-4-3-5-7-20)21-14-10-18(2)11-15-21/h3-15H,1-2H3. The van der Waals surface area contributed by atoms with Gasteiger partial charge in [-0.25, -0.2) is 5.01 Å². The van der Waals surface area contributed by atoms with Crippen molar-refractivity contribution in [2.75, 3.05) is 5.01 Å². The summed E-state index contributed by atoms with van der Waals surface area (Å²) in [6, 6.07) is 25.8. The van der Waals surface area contributed by atoms with Gasteiger partial charge in [0.2, 0.25) is 6.34 Å². The van der Waals surface area contributed by atoms with Crippen LogP contribution >= 0.6 is 0 Å². The van der Waals surface area contributed by atoms with E-state index in [1.54, 1.807) is 5.01 Å². The topological polar surface area (TPSA) is 40.3 Å². The fourth-order valence-electron chi connectivity index (χ4n) is 2.28. The van der Waals surface area contributed by atoms with Crippen molar-refractivity contribution < 1.29 is 0 Å². The zero-order chi connectivity index (χ0) is 17.5. The number of benzene rings is 3. The van der Waals surface area contributed by atoms with Crippen LogP contribution in [0.2, 0.25) is 0 Å². The molecule has 3 aromatic carbocycles. The number of hydrogen-bond donors (Lipinski definition) is 0. The maximum Gasteiger partial charge on any atom is 0.242 e. The quantitative estimate of drug-likeness (QED) is 0.243. The molecule has 0 aliphatic carbocycles. The summed E-state index contributed by atoms with van der Waals surface area (Å²) in [7, 11) is 0. The van der Waals surface area contributed by atoms with Gasteiger partial charge in [-0.1, -0.05) is 53.6 Å². The van der Waals surface area contributed by atoms with E-state index in [-0.39, 0.29) is 0 Å². The van der Waals surface area contributed by atoms with Crippen molar-refractivity contribution in [2.24, 2.45) is 15.3 Å². The third kappa shape index (κ3) is 4.61. The van der Waals surface area contributed by atoms with E-state index in [4.69, 9.17) is 0 Å². The SMILES string of the molecule is Cc1ccc(N=N[C]=NN(c2ccccc2)c2ccc(C)cc2)cc1. The van der Waals surface area contributed by atoms with Gasteiger partial charge in [0.15, 0.2) is 0 Å². The summed E-state index contributed by atoms with van der Waals surface area (Å²) in [5, 5.41) is 14.2. The minimum absolute atomic E-state index is 0.773. The summed E-state index contributed by atoms with van der Waals surface area (Å²) in [5.41, 5.74) is 5.03. The van der Waals surface area contributed by atoms with Crippen LogP contribution in [-0.4, -0.2) is 6.34 Å². The second-order valence-corrected chi connectivity index (χ2v) is 5.72. The summed E-state index contributed by atoms with van der Waals surface area (Å²) in [6.07, 6.45) is 2.67. The maximum absolute atomic E-state index is 4.35. The molecular formula is C21H19N4. The minimum atomic E-state index is 0.773. The Morgan fingerprint density at radius 2 is 1.24 bits per heavy atom. The normalized spacial score (nSPS) is 11.3. The van der Waals surface area contributed by atoms with Crippen molar-refractivity contribution in [3.8, 4) is 0 Å². The van der Waals surface area contributed by atoms with E-state index >= 15 is 0 Å². The summed E-state index contributed by atoms with van der Waals surface area (Å²) in [4.78, 5) is 0. The monoisotopic (exact) mass is 327 g/mol. The molecule has 0 aliphatic rings. The zero-order valence-electron chi connectivity index (χ0n) is 14.3. The van der Waals surface area contributed by atoms with Crippen LogP contribution in [0.25, 0.3) is 0 Å². The Hall–Kier alpha value is -3.27. The summed E-state index contributed by atoms with van der Waals surface area (Å²) >= 11 is 0. The Morgan fingerprint density at radius 1 is 0.680 bits per heavy atom. The molecule has 0 aromatic heterocycles. The first-order valence-corrected chi connectivity index (χ1v) is 8.07. The van der Waals surface area contributed by atoms with Crippen molar-refractivity contribution >= 4 is 23.4 Å². The van der Waals surface area contributed by atoms with Crippen LogP contribution < -0.4 is 5.01 Å². The predicted molar refractivity (Wildman–Crippen MR) is 103 cm³/mol. The highest BCUT2D eigenvalue weighted by atomic mass is 15.5. The Labute approximate surface area is 148 Å². The molecule has 0 fully saturated rings. The Morgan fingerprint density at radius 3 is 1.88 bits per heavy atom. The highest BCUT2D eigenvalue weighted by molar-refractivity contribution is 5.67. The Bertz CT molecular complexity index is 851. The number of nitrogens with zero attached hydrogens (tertiary/aromatic N) is 4. The van der Waals surface area contributed by atoms with Gasteiger partial charge >= 0.3 is 0 Å². The fraction of sp³-hybridized carbons (Fsp3) is 0.0952. The molecule has 0 saturated carbocycles. The van der Waals surface area contributed by atoms with Gasteiger partial charge in [0.25, 0.3) is 0 Å². The van der Waals surface area contributed by atoms with E-state index in [2.05, 4.69) is 40.7 Å². The van der Waals surface area contributed by atoms with Gasteiger partial charge in [-0.3, -0.25) is 0 Å². The molecule has 0 aliphatic heterocycles. The average Bonchev–Trinajstić information content (AvgIpc) is 2.65. The third-order valence-corrected chi connectivity index (χ3v) is 3.67. The average molecular weight is 327 g/mol. The molecule has 0 amide bonds. The first-order valence-electron chi connectivity index (χ1n) is 8.07. The molecule has 0 atom stereocenters. The minimum Gasteiger partial charge on any atom is -0.231 e. The van der Waals surface area contributed by atoms with Crippen molar-refractivity contribution in [1.29, 1.82) is 0 Å². The molecule has 0 saturated heterocycles. The smallest absolute Gasteiger partial charge is 0.231 e. The molecule has 25 heavy (non-hydrogen) atoms. The molecule has 3 rings (SSSR count). The number of para-hydroxylation sites is 1. The van der Waals surface area contributed by atoms with Gasteiger partial charge in [-0.15, -0.1) is 15.3 Å². The van der Waals surface area contributed by atoms with Crippen LogP contribution in [-0.2, 0) is 0 Å². The number of azo groups is 1. The van der Waals surface area contributed by atoms with Crippen molar-refractivity contribution in [3.05, 3.63) is 90.0 Å².